The van der Waals surface area contributed by atoms with E-state index < -0.39 is 0 Å². The average Bonchev–Trinajstić information content (AvgIpc) is 2.45. The molecule has 5 heteroatoms. The van der Waals surface area contributed by atoms with Crippen LogP contribution in [0.5, 0.6) is 0 Å². The SMILES string of the molecule is CCc1nnc(NCC2CCCOC2)nc1CC. The van der Waals surface area contributed by atoms with Crippen LogP contribution in [0.3, 0.4) is 0 Å². The van der Waals surface area contributed by atoms with Crippen LogP contribution in [0.2, 0.25) is 0 Å². The number of nitrogens with one attached hydrogen (secondary N) is 1. The third-order valence-corrected chi connectivity index (χ3v) is 3.31. The number of hydrogen-bond acceptors (Lipinski definition) is 5. The van der Waals surface area contributed by atoms with Crippen LogP contribution in [0.25, 0.3) is 0 Å². The van der Waals surface area contributed by atoms with Gasteiger partial charge in [0.25, 0.3) is 0 Å². The molecule has 5 nitrogen and oxygen atoms in total. The van der Waals surface area contributed by atoms with Gasteiger partial charge in [-0.3, -0.25) is 0 Å². The lowest BCUT2D eigenvalue weighted by Gasteiger charge is -2.22. The molecule has 1 atom stereocenters. The molecule has 0 amide bonds. The van der Waals surface area contributed by atoms with Crippen molar-refractivity contribution in [2.45, 2.75) is 39.5 Å². The van der Waals surface area contributed by atoms with E-state index in [0.717, 1.165) is 50.4 Å². The average molecular weight is 250 g/mol. The lowest BCUT2D eigenvalue weighted by molar-refractivity contribution is 0.0594. The normalized spacial score (nSPS) is 19.8. The van der Waals surface area contributed by atoms with Gasteiger partial charge in [0.1, 0.15) is 0 Å². The molecule has 18 heavy (non-hydrogen) atoms. The van der Waals surface area contributed by atoms with Gasteiger partial charge >= 0.3 is 0 Å². The first-order valence-corrected chi connectivity index (χ1v) is 6.87. The van der Waals surface area contributed by atoms with E-state index in [2.05, 4.69) is 34.3 Å². The van der Waals surface area contributed by atoms with E-state index in [1.165, 1.54) is 6.42 Å². The molecule has 1 aromatic rings. The number of aryl methyl sites for hydroxylation is 2. The van der Waals surface area contributed by atoms with Crippen LogP contribution in [0.4, 0.5) is 5.95 Å². The highest BCUT2D eigenvalue weighted by Crippen LogP contribution is 2.14. The Balaban J connectivity index is 1.92. The first-order chi connectivity index (χ1) is 8.83. The highest BCUT2D eigenvalue weighted by Gasteiger charge is 2.14. The van der Waals surface area contributed by atoms with E-state index in [-0.39, 0.29) is 0 Å². The summed E-state index contributed by atoms with van der Waals surface area (Å²) in [4.78, 5) is 4.52. The maximum absolute atomic E-state index is 5.46. The number of ether oxygens (including phenoxy) is 1. The quantitative estimate of drug-likeness (QED) is 0.864. The van der Waals surface area contributed by atoms with Crippen LogP contribution in [0, 0.1) is 5.92 Å². The number of aromatic nitrogens is 3. The summed E-state index contributed by atoms with van der Waals surface area (Å²) in [6.45, 7) is 6.80. The topological polar surface area (TPSA) is 59.9 Å². The van der Waals surface area contributed by atoms with Crippen molar-refractivity contribution in [1.29, 1.82) is 0 Å². The molecule has 1 fully saturated rings. The van der Waals surface area contributed by atoms with Gasteiger partial charge in [-0.1, -0.05) is 13.8 Å². The molecule has 1 unspecified atom stereocenters. The van der Waals surface area contributed by atoms with Crippen molar-refractivity contribution in [3.63, 3.8) is 0 Å². The largest absolute Gasteiger partial charge is 0.381 e. The van der Waals surface area contributed by atoms with Crippen molar-refractivity contribution in [1.82, 2.24) is 15.2 Å². The van der Waals surface area contributed by atoms with Crippen molar-refractivity contribution >= 4 is 5.95 Å². The van der Waals surface area contributed by atoms with Crippen LogP contribution < -0.4 is 5.32 Å². The molecule has 1 aromatic heterocycles. The number of rotatable bonds is 5. The second-order valence-electron chi connectivity index (χ2n) is 4.70. The summed E-state index contributed by atoms with van der Waals surface area (Å²) >= 11 is 0. The molecule has 2 heterocycles. The maximum Gasteiger partial charge on any atom is 0.242 e. The van der Waals surface area contributed by atoms with Gasteiger partial charge in [0, 0.05) is 13.2 Å². The third-order valence-electron chi connectivity index (χ3n) is 3.31. The zero-order chi connectivity index (χ0) is 12.8. The fraction of sp³-hybridized carbons (Fsp3) is 0.769. The Morgan fingerprint density at radius 3 is 2.72 bits per heavy atom. The van der Waals surface area contributed by atoms with Gasteiger partial charge in [-0.25, -0.2) is 4.98 Å². The van der Waals surface area contributed by atoms with E-state index in [1.807, 2.05) is 0 Å². The van der Waals surface area contributed by atoms with Crippen molar-refractivity contribution in [3.05, 3.63) is 11.4 Å². The minimum absolute atomic E-state index is 0.568. The molecule has 1 N–H and O–H groups in total. The second-order valence-corrected chi connectivity index (χ2v) is 4.70. The van der Waals surface area contributed by atoms with Gasteiger partial charge in [-0.05, 0) is 31.6 Å². The van der Waals surface area contributed by atoms with Gasteiger partial charge in [0.15, 0.2) is 0 Å². The summed E-state index contributed by atoms with van der Waals surface area (Å²) in [6, 6.07) is 0. The lowest BCUT2D eigenvalue weighted by Crippen LogP contribution is -2.25. The van der Waals surface area contributed by atoms with Crippen LogP contribution in [-0.4, -0.2) is 34.9 Å². The summed E-state index contributed by atoms with van der Waals surface area (Å²) < 4.78 is 5.46. The molecule has 0 spiro atoms. The van der Waals surface area contributed by atoms with Gasteiger partial charge in [-0.2, -0.15) is 5.10 Å². The van der Waals surface area contributed by atoms with Gasteiger partial charge in [0.2, 0.25) is 5.95 Å². The Bertz CT molecular complexity index is 377. The monoisotopic (exact) mass is 250 g/mol. The van der Waals surface area contributed by atoms with Crippen molar-refractivity contribution in [2.24, 2.45) is 5.92 Å². The van der Waals surface area contributed by atoms with Crippen molar-refractivity contribution in [3.8, 4) is 0 Å². The first kappa shape index (κ1) is 13.2. The highest BCUT2D eigenvalue weighted by atomic mass is 16.5. The molecule has 0 aromatic carbocycles. The van der Waals surface area contributed by atoms with E-state index in [1.54, 1.807) is 0 Å². The molecular weight excluding hydrogens is 228 g/mol. The molecule has 2 rings (SSSR count). The molecule has 1 saturated heterocycles. The Hall–Kier alpha value is -1.23. The predicted octanol–water partition coefficient (Wildman–Crippen LogP) is 1.83. The molecule has 0 bridgehead atoms. The van der Waals surface area contributed by atoms with E-state index in [4.69, 9.17) is 4.74 Å². The summed E-state index contributed by atoms with van der Waals surface area (Å²) in [7, 11) is 0. The molecule has 0 aliphatic carbocycles. The Morgan fingerprint density at radius 2 is 2.06 bits per heavy atom. The fourth-order valence-electron chi connectivity index (χ4n) is 2.22. The minimum Gasteiger partial charge on any atom is -0.381 e. The summed E-state index contributed by atoms with van der Waals surface area (Å²) in [6.07, 6.45) is 4.16. The Kier molecular flexibility index (Phi) is 4.87. The van der Waals surface area contributed by atoms with Crippen molar-refractivity contribution < 1.29 is 4.74 Å². The highest BCUT2D eigenvalue weighted by molar-refractivity contribution is 5.25. The van der Waals surface area contributed by atoms with Crippen LogP contribution >= 0.6 is 0 Å². The molecule has 0 saturated carbocycles. The molecule has 1 aliphatic heterocycles. The van der Waals surface area contributed by atoms with Crippen molar-refractivity contribution in [2.75, 3.05) is 25.1 Å². The third kappa shape index (κ3) is 3.38. The van der Waals surface area contributed by atoms with E-state index >= 15 is 0 Å². The van der Waals surface area contributed by atoms with E-state index in [9.17, 15) is 0 Å². The standard InChI is InChI=1S/C13H22N4O/c1-3-11-12(4-2)16-17-13(15-11)14-8-10-6-5-7-18-9-10/h10H,3-9H2,1-2H3,(H,14,15,17). The van der Waals surface area contributed by atoms with Crippen LogP contribution in [0.15, 0.2) is 0 Å². The predicted molar refractivity (Wildman–Crippen MR) is 70.6 cm³/mol. The zero-order valence-corrected chi connectivity index (χ0v) is 11.3. The lowest BCUT2D eigenvalue weighted by atomic mass is 10.0. The van der Waals surface area contributed by atoms with Gasteiger partial charge in [-0.15, -0.1) is 5.10 Å². The summed E-state index contributed by atoms with van der Waals surface area (Å²) in [5.41, 5.74) is 2.05. The first-order valence-electron chi connectivity index (χ1n) is 6.87. The fourth-order valence-corrected chi connectivity index (χ4v) is 2.22. The minimum atomic E-state index is 0.568. The smallest absolute Gasteiger partial charge is 0.242 e. The zero-order valence-electron chi connectivity index (χ0n) is 11.3. The number of nitrogens with zero attached hydrogens (tertiary/aromatic N) is 3. The Morgan fingerprint density at radius 1 is 1.22 bits per heavy atom. The van der Waals surface area contributed by atoms with Crippen LogP contribution in [0.1, 0.15) is 38.1 Å². The van der Waals surface area contributed by atoms with Gasteiger partial charge < -0.3 is 10.1 Å². The molecule has 0 radical (unpaired) electrons. The Labute approximate surface area is 108 Å². The molecule has 1 aliphatic rings. The van der Waals surface area contributed by atoms with Gasteiger partial charge in [0.05, 0.1) is 18.0 Å². The number of hydrogen-bond donors (Lipinski definition) is 1. The van der Waals surface area contributed by atoms with Crippen LogP contribution in [-0.2, 0) is 17.6 Å². The summed E-state index contributed by atoms with van der Waals surface area (Å²) in [5.74, 6) is 1.22. The number of anilines is 1. The second kappa shape index (κ2) is 6.64. The molecule has 100 valence electrons. The summed E-state index contributed by atoms with van der Waals surface area (Å²) in [5, 5.41) is 11.6. The van der Waals surface area contributed by atoms with E-state index in [0.29, 0.717) is 11.9 Å². The molecular formula is C13H22N4O. The maximum atomic E-state index is 5.46.